The molecular formula is C21H18F11NO. The second kappa shape index (κ2) is 7.46. The lowest BCUT2D eigenvalue weighted by atomic mass is 9.73. The summed E-state index contributed by atoms with van der Waals surface area (Å²) >= 11 is 0. The van der Waals surface area contributed by atoms with Gasteiger partial charge in [-0.25, -0.2) is 4.39 Å². The van der Waals surface area contributed by atoms with Gasteiger partial charge in [0.2, 0.25) is 5.91 Å². The molecule has 190 valence electrons. The molecule has 3 atom stereocenters. The molecule has 34 heavy (non-hydrogen) atoms. The van der Waals surface area contributed by atoms with Crippen molar-refractivity contribution in [2.45, 2.75) is 61.5 Å². The predicted molar refractivity (Wildman–Crippen MR) is 95.1 cm³/mol. The van der Waals surface area contributed by atoms with Crippen molar-refractivity contribution in [3.63, 3.8) is 0 Å². The maximum absolute atomic E-state index is 14.4. The Bertz CT molecular complexity index is 954. The monoisotopic (exact) mass is 509 g/mol. The fourth-order valence-electron chi connectivity index (χ4n) is 5.53. The van der Waals surface area contributed by atoms with E-state index in [-0.39, 0.29) is 31.2 Å². The van der Waals surface area contributed by atoms with Crippen LogP contribution in [0.1, 0.15) is 41.9 Å². The molecule has 0 aromatic heterocycles. The van der Waals surface area contributed by atoms with Crippen molar-refractivity contribution in [1.82, 2.24) is 4.90 Å². The summed E-state index contributed by atoms with van der Waals surface area (Å²) in [4.78, 5) is 13.2. The molecule has 0 bridgehead atoms. The normalized spacial score (nSPS) is 28.6. The lowest BCUT2D eigenvalue weighted by Gasteiger charge is -2.34. The first-order valence-corrected chi connectivity index (χ1v) is 10.4. The summed E-state index contributed by atoms with van der Waals surface area (Å²) in [5, 5.41) is 0. The number of likely N-dealkylation sites (tertiary alicyclic amines) is 1. The Balaban J connectivity index is 1.59. The second-order valence-corrected chi connectivity index (χ2v) is 9.16. The highest BCUT2D eigenvalue weighted by molar-refractivity contribution is 5.80. The van der Waals surface area contributed by atoms with Gasteiger partial charge in [0.25, 0.3) is 0 Å². The van der Waals surface area contributed by atoms with Crippen molar-refractivity contribution >= 4 is 5.91 Å². The van der Waals surface area contributed by atoms with Crippen molar-refractivity contribution in [2.75, 3.05) is 13.1 Å². The van der Waals surface area contributed by atoms with Gasteiger partial charge in [0.05, 0.1) is 13.1 Å². The number of hydrogen-bond donors (Lipinski definition) is 0. The van der Waals surface area contributed by atoms with Crippen LogP contribution in [-0.4, -0.2) is 48.1 Å². The molecule has 4 rings (SSSR count). The van der Waals surface area contributed by atoms with Crippen LogP contribution in [0.3, 0.4) is 0 Å². The first-order chi connectivity index (χ1) is 15.4. The molecule has 2 fully saturated rings. The van der Waals surface area contributed by atoms with E-state index >= 15 is 0 Å². The fourth-order valence-corrected chi connectivity index (χ4v) is 5.53. The second-order valence-electron chi connectivity index (χ2n) is 9.16. The van der Waals surface area contributed by atoms with E-state index < -0.39 is 72.2 Å². The molecule has 0 radical (unpaired) electrons. The number of amides is 1. The summed E-state index contributed by atoms with van der Waals surface area (Å²) in [7, 11) is 0. The Kier molecular flexibility index (Phi) is 5.49. The van der Waals surface area contributed by atoms with E-state index in [1.807, 2.05) is 0 Å². The van der Waals surface area contributed by atoms with Crippen LogP contribution in [0, 0.1) is 11.8 Å². The zero-order valence-electron chi connectivity index (χ0n) is 17.2. The van der Waals surface area contributed by atoms with Crippen LogP contribution in [0.25, 0.3) is 0 Å². The number of carbonyl (C=O) groups is 1. The van der Waals surface area contributed by atoms with Crippen LogP contribution in [-0.2, 0) is 16.9 Å². The topological polar surface area (TPSA) is 20.3 Å². The van der Waals surface area contributed by atoms with Crippen molar-refractivity contribution in [2.24, 2.45) is 11.8 Å². The quantitative estimate of drug-likeness (QED) is 0.439. The van der Waals surface area contributed by atoms with Crippen LogP contribution in [0.2, 0.25) is 0 Å². The van der Waals surface area contributed by atoms with Gasteiger partial charge in [-0.15, -0.1) is 0 Å². The van der Waals surface area contributed by atoms with Gasteiger partial charge in [-0.05, 0) is 48.6 Å². The Hall–Kier alpha value is -2.08. The third-order valence-electron chi connectivity index (χ3n) is 7.23. The molecule has 13 heteroatoms. The number of hydrogen-bond acceptors (Lipinski definition) is 1. The first kappa shape index (κ1) is 25.0. The number of nitrogens with zero attached hydrogens (tertiary/aromatic N) is 1. The SMILES string of the molecule is O=C([C@@H]1CCC2c3ccc(C(F)(C(F)(F)F)C(F)(F)F)cc3CCC21)N1CC(F)(F)C(F)(F)C1. The summed E-state index contributed by atoms with van der Waals surface area (Å²) in [6, 6.07) is 1.92. The summed E-state index contributed by atoms with van der Waals surface area (Å²) in [5.41, 5.74) is -6.75. The third kappa shape index (κ3) is 3.55. The largest absolute Gasteiger partial charge is 0.435 e. The Labute approximate surface area is 186 Å². The van der Waals surface area contributed by atoms with Crippen LogP contribution in [0.5, 0.6) is 0 Å². The maximum Gasteiger partial charge on any atom is 0.435 e. The highest BCUT2D eigenvalue weighted by Crippen LogP contribution is 2.56. The molecule has 0 spiro atoms. The number of aryl methyl sites for hydroxylation is 1. The van der Waals surface area contributed by atoms with Crippen LogP contribution < -0.4 is 0 Å². The lowest BCUT2D eigenvalue weighted by Crippen LogP contribution is -2.50. The highest BCUT2D eigenvalue weighted by Gasteiger charge is 2.73. The van der Waals surface area contributed by atoms with Gasteiger partial charge < -0.3 is 4.90 Å². The van der Waals surface area contributed by atoms with Crippen LogP contribution >= 0.6 is 0 Å². The number of halogens is 11. The van der Waals surface area contributed by atoms with Crippen molar-refractivity contribution < 1.29 is 53.1 Å². The van der Waals surface area contributed by atoms with Gasteiger partial charge in [-0.3, -0.25) is 4.79 Å². The Morgan fingerprint density at radius 3 is 1.94 bits per heavy atom. The molecule has 2 aliphatic carbocycles. The van der Waals surface area contributed by atoms with Gasteiger partial charge in [-0.1, -0.05) is 18.2 Å². The summed E-state index contributed by atoms with van der Waals surface area (Å²) in [6.45, 7) is -2.86. The molecule has 1 aromatic carbocycles. The predicted octanol–water partition coefficient (Wildman–Crippen LogP) is 6.14. The van der Waals surface area contributed by atoms with Gasteiger partial charge >= 0.3 is 29.9 Å². The zero-order chi connectivity index (χ0) is 25.5. The zero-order valence-corrected chi connectivity index (χ0v) is 17.2. The summed E-state index contributed by atoms with van der Waals surface area (Å²) in [6.07, 6.45) is -12.1. The average Bonchev–Trinajstić information content (AvgIpc) is 3.22. The van der Waals surface area contributed by atoms with Gasteiger partial charge in [0.15, 0.2) is 0 Å². The molecule has 1 aliphatic heterocycles. The molecule has 0 N–H and O–H groups in total. The van der Waals surface area contributed by atoms with E-state index in [2.05, 4.69) is 0 Å². The number of carbonyl (C=O) groups excluding carboxylic acids is 1. The smallest absolute Gasteiger partial charge is 0.330 e. The number of fused-ring (bicyclic) bond motifs is 3. The molecule has 1 saturated heterocycles. The minimum absolute atomic E-state index is 0.0709. The van der Waals surface area contributed by atoms with E-state index in [1.54, 1.807) is 0 Å². The molecule has 1 saturated carbocycles. The molecule has 1 amide bonds. The molecular weight excluding hydrogens is 491 g/mol. The average molecular weight is 509 g/mol. The van der Waals surface area contributed by atoms with E-state index in [0.717, 1.165) is 6.07 Å². The molecule has 3 aliphatic rings. The van der Waals surface area contributed by atoms with Crippen molar-refractivity contribution in [1.29, 1.82) is 0 Å². The number of alkyl halides is 11. The Morgan fingerprint density at radius 1 is 0.853 bits per heavy atom. The molecule has 1 aromatic rings. The van der Waals surface area contributed by atoms with Crippen LogP contribution in [0.4, 0.5) is 48.3 Å². The van der Waals surface area contributed by atoms with Gasteiger partial charge in [0.1, 0.15) is 0 Å². The fraction of sp³-hybridized carbons (Fsp3) is 0.667. The number of rotatable bonds is 2. The van der Waals surface area contributed by atoms with Crippen molar-refractivity contribution in [3.8, 4) is 0 Å². The molecule has 2 nitrogen and oxygen atoms in total. The van der Waals surface area contributed by atoms with E-state index in [4.69, 9.17) is 0 Å². The minimum atomic E-state index is -6.25. The van der Waals surface area contributed by atoms with Gasteiger partial charge in [-0.2, -0.15) is 43.9 Å². The standard InChI is InChI=1S/C21H18F11NO/c22-17(23)8-33(9-18(17,24)25)16(34)15-6-5-13-12-4-2-11(7-10(12)1-3-14(13)15)19(26,20(27,28)29)21(30,31)32/h2,4,7,13-15H,1,3,5-6,8-9H2/t13?,14?,15-/m1/s1. The van der Waals surface area contributed by atoms with Crippen LogP contribution in [0.15, 0.2) is 18.2 Å². The van der Waals surface area contributed by atoms with E-state index in [0.29, 0.717) is 22.6 Å². The van der Waals surface area contributed by atoms with Gasteiger partial charge in [0, 0.05) is 11.5 Å². The third-order valence-corrected chi connectivity index (χ3v) is 7.23. The van der Waals surface area contributed by atoms with Crippen molar-refractivity contribution in [3.05, 3.63) is 34.9 Å². The lowest BCUT2D eigenvalue weighted by molar-refractivity contribution is -0.348. The highest BCUT2D eigenvalue weighted by atomic mass is 19.4. The maximum atomic E-state index is 14.4. The number of benzene rings is 1. The Morgan fingerprint density at radius 2 is 1.41 bits per heavy atom. The van der Waals surface area contributed by atoms with E-state index in [1.165, 1.54) is 0 Å². The van der Waals surface area contributed by atoms with E-state index in [9.17, 15) is 53.1 Å². The minimum Gasteiger partial charge on any atom is -0.330 e. The summed E-state index contributed by atoms with van der Waals surface area (Å²) < 4.78 is 147. The molecule has 2 unspecified atom stereocenters. The summed E-state index contributed by atoms with van der Waals surface area (Å²) in [5.74, 6) is -11.5. The molecule has 1 heterocycles. The first-order valence-electron chi connectivity index (χ1n) is 10.4.